The van der Waals surface area contributed by atoms with Crippen molar-refractivity contribution >= 4 is 11.9 Å². The highest BCUT2D eigenvalue weighted by Crippen LogP contribution is 2.40. The molecule has 7 heteroatoms. The molecule has 0 aliphatic carbocycles. The van der Waals surface area contributed by atoms with Crippen molar-refractivity contribution in [2.75, 3.05) is 21.3 Å². The molecule has 1 aliphatic rings. The molecule has 0 unspecified atom stereocenters. The van der Waals surface area contributed by atoms with Crippen LogP contribution in [0.4, 0.5) is 0 Å². The standard InChI is InChI=1S/C19H23NO6/c1-11(2)20-9-13(18(22)25-4)17(14(10-20)19(23)26-5)12-6-7-15(21)16(8-12)24-3/h6-11,17,21H,1-5H3. The van der Waals surface area contributed by atoms with Crippen LogP contribution in [-0.4, -0.2) is 49.3 Å². The number of aromatic hydroxyl groups is 1. The molecule has 1 aromatic carbocycles. The van der Waals surface area contributed by atoms with E-state index >= 15 is 0 Å². The number of benzene rings is 1. The lowest BCUT2D eigenvalue weighted by molar-refractivity contribution is -0.137. The molecule has 0 amide bonds. The second kappa shape index (κ2) is 7.95. The maximum absolute atomic E-state index is 12.4. The topological polar surface area (TPSA) is 85.3 Å². The number of carbonyl (C=O) groups is 2. The third-order valence-electron chi connectivity index (χ3n) is 4.17. The molecule has 0 spiro atoms. The maximum Gasteiger partial charge on any atom is 0.336 e. The van der Waals surface area contributed by atoms with Gasteiger partial charge in [0.05, 0.1) is 38.4 Å². The molecular formula is C19H23NO6. The zero-order valence-corrected chi connectivity index (χ0v) is 15.5. The van der Waals surface area contributed by atoms with Crippen molar-refractivity contribution in [2.24, 2.45) is 0 Å². The SMILES string of the molecule is COC(=O)C1=CN(C(C)C)C=C(C(=O)OC)C1c1ccc(O)c(OC)c1. The summed E-state index contributed by atoms with van der Waals surface area (Å²) in [6.45, 7) is 3.86. The average molecular weight is 361 g/mol. The number of phenols is 1. The largest absolute Gasteiger partial charge is 0.504 e. The number of methoxy groups -OCH3 is 3. The molecule has 0 fully saturated rings. The monoisotopic (exact) mass is 361 g/mol. The zero-order valence-electron chi connectivity index (χ0n) is 15.5. The van der Waals surface area contributed by atoms with Gasteiger partial charge < -0.3 is 24.2 Å². The Kier molecular flexibility index (Phi) is 5.92. The van der Waals surface area contributed by atoms with Gasteiger partial charge in [0, 0.05) is 18.4 Å². The second-order valence-electron chi connectivity index (χ2n) is 6.06. The van der Waals surface area contributed by atoms with Crippen LogP contribution in [0.2, 0.25) is 0 Å². The summed E-state index contributed by atoms with van der Waals surface area (Å²) in [4.78, 5) is 26.6. The Morgan fingerprint density at radius 1 is 1.04 bits per heavy atom. The van der Waals surface area contributed by atoms with Crippen LogP contribution in [0.1, 0.15) is 25.3 Å². The van der Waals surface area contributed by atoms with E-state index < -0.39 is 17.9 Å². The molecule has 140 valence electrons. The van der Waals surface area contributed by atoms with E-state index in [4.69, 9.17) is 14.2 Å². The summed E-state index contributed by atoms with van der Waals surface area (Å²) < 4.78 is 15.0. The summed E-state index contributed by atoms with van der Waals surface area (Å²) in [5.74, 6) is -1.62. The van der Waals surface area contributed by atoms with Crippen molar-refractivity contribution < 1.29 is 28.9 Å². The summed E-state index contributed by atoms with van der Waals surface area (Å²) in [6.07, 6.45) is 3.32. The van der Waals surface area contributed by atoms with Gasteiger partial charge in [0.2, 0.25) is 0 Å². The Balaban J connectivity index is 2.66. The molecule has 2 rings (SSSR count). The number of hydrogen-bond donors (Lipinski definition) is 1. The minimum Gasteiger partial charge on any atom is -0.504 e. The molecule has 0 bridgehead atoms. The number of esters is 2. The van der Waals surface area contributed by atoms with Crippen molar-refractivity contribution in [3.8, 4) is 11.5 Å². The molecule has 1 N–H and O–H groups in total. The van der Waals surface area contributed by atoms with E-state index in [0.29, 0.717) is 5.56 Å². The number of nitrogens with zero attached hydrogens (tertiary/aromatic N) is 1. The van der Waals surface area contributed by atoms with Gasteiger partial charge in [-0.1, -0.05) is 6.07 Å². The molecule has 0 saturated carbocycles. The summed E-state index contributed by atoms with van der Waals surface area (Å²) in [7, 11) is 4.00. The Morgan fingerprint density at radius 3 is 2.00 bits per heavy atom. The lowest BCUT2D eigenvalue weighted by atomic mass is 9.83. The van der Waals surface area contributed by atoms with Crippen LogP contribution in [-0.2, 0) is 19.1 Å². The number of rotatable bonds is 5. The van der Waals surface area contributed by atoms with E-state index in [1.54, 1.807) is 29.4 Å². The first-order valence-electron chi connectivity index (χ1n) is 8.08. The minimum atomic E-state index is -0.709. The van der Waals surface area contributed by atoms with Gasteiger partial charge >= 0.3 is 11.9 Å². The molecule has 1 aliphatic heterocycles. The number of hydrogen-bond acceptors (Lipinski definition) is 7. The number of phenolic OH excluding ortho intramolecular Hbond substituents is 1. The average Bonchev–Trinajstić information content (AvgIpc) is 2.65. The predicted octanol–water partition coefficient (Wildman–Crippen LogP) is 2.32. The van der Waals surface area contributed by atoms with Crippen molar-refractivity contribution in [2.45, 2.75) is 25.8 Å². The molecule has 1 heterocycles. The zero-order chi connectivity index (χ0) is 19.4. The van der Waals surface area contributed by atoms with Crippen LogP contribution in [0.5, 0.6) is 11.5 Å². The molecule has 0 saturated heterocycles. The smallest absolute Gasteiger partial charge is 0.336 e. The van der Waals surface area contributed by atoms with Gasteiger partial charge in [-0.15, -0.1) is 0 Å². The van der Waals surface area contributed by atoms with Crippen LogP contribution >= 0.6 is 0 Å². The van der Waals surface area contributed by atoms with E-state index in [0.717, 1.165) is 0 Å². The van der Waals surface area contributed by atoms with Crippen LogP contribution in [0.15, 0.2) is 41.7 Å². The summed E-state index contributed by atoms with van der Waals surface area (Å²) in [5, 5.41) is 9.84. The lowest BCUT2D eigenvalue weighted by Gasteiger charge is -2.32. The molecule has 0 atom stereocenters. The minimum absolute atomic E-state index is 0.0182. The third kappa shape index (κ3) is 3.66. The Hall–Kier alpha value is -2.96. The van der Waals surface area contributed by atoms with Gasteiger partial charge in [-0.05, 0) is 31.5 Å². The van der Waals surface area contributed by atoms with Crippen LogP contribution in [0.25, 0.3) is 0 Å². The fraction of sp³-hybridized carbons (Fsp3) is 0.368. The van der Waals surface area contributed by atoms with Crippen LogP contribution in [0.3, 0.4) is 0 Å². The normalized spacial score (nSPS) is 14.6. The van der Waals surface area contributed by atoms with E-state index in [-0.39, 0.29) is 28.7 Å². The lowest BCUT2D eigenvalue weighted by Crippen LogP contribution is -2.31. The van der Waals surface area contributed by atoms with E-state index in [1.165, 1.54) is 27.4 Å². The number of carbonyl (C=O) groups excluding carboxylic acids is 2. The van der Waals surface area contributed by atoms with Gasteiger partial charge in [-0.2, -0.15) is 0 Å². The third-order valence-corrected chi connectivity index (χ3v) is 4.17. The Bertz CT molecular complexity index is 731. The first-order chi connectivity index (χ1) is 12.3. The quantitative estimate of drug-likeness (QED) is 0.806. The van der Waals surface area contributed by atoms with Gasteiger partial charge in [0.15, 0.2) is 11.5 Å². The first kappa shape index (κ1) is 19.4. The van der Waals surface area contributed by atoms with E-state index in [2.05, 4.69) is 0 Å². The highest BCUT2D eigenvalue weighted by Gasteiger charge is 2.36. The first-order valence-corrected chi connectivity index (χ1v) is 8.08. The summed E-state index contributed by atoms with van der Waals surface area (Å²) in [5.41, 5.74) is 1.17. The van der Waals surface area contributed by atoms with Crippen molar-refractivity contribution in [1.29, 1.82) is 0 Å². The summed E-state index contributed by atoms with van der Waals surface area (Å²) in [6, 6.07) is 4.68. The molecule has 1 aromatic rings. The number of ether oxygens (including phenoxy) is 3. The van der Waals surface area contributed by atoms with Gasteiger partial charge in [0.1, 0.15) is 0 Å². The van der Waals surface area contributed by atoms with E-state index in [9.17, 15) is 14.7 Å². The van der Waals surface area contributed by atoms with Crippen molar-refractivity contribution in [1.82, 2.24) is 4.90 Å². The fourth-order valence-electron chi connectivity index (χ4n) is 2.78. The summed E-state index contributed by atoms with van der Waals surface area (Å²) >= 11 is 0. The van der Waals surface area contributed by atoms with E-state index in [1.807, 2.05) is 13.8 Å². The second-order valence-corrected chi connectivity index (χ2v) is 6.06. The van der Waals surface area contributed by atoms with Crippen LogP contribution in [0, 0.1) is 0 Å². The van der Waals surface area contributed by atoms with Gasteiger partial charge in [-0.25, -0.2) is 9.59 Å². The molecule has 0 radical (unpaired) electrons. The predicted molar refractivity (Wildman–Crippen MR) is 94.6 cm³/mol. The highest BCUT2D eigenvalue weighted by atomic mass is 16.5. The molecule has 0 aromatic heterocycles. The Morgan fingerprint density at radius 2 is 1.58 bits per heavy atom. The van der Waals surface area contributed by atoms with Gasteiger partial charge in [0.25, 0.3) is 0 Å². The van der Waals surface area contributed by atoms with Crippen molar-refractivity contribution in [3.05, 3.63) is 47.3 Å². The maximum atomic E-state index is 12.4. The van der Waals surface area contributed by atoms with Crippen molar-refractivity contribution in [3.63, 3.8) is 0 Å². The molecular weight excluding hydrogens is 338 g/mol. The Labute approximate surface area is 152 Å². The molecule has 26 heavy (non-hydrogen) atoms. The molecule has 7 nitrogen and oxygen atoms in total. The fourth-order valence-corrected chi connectivity index (χ4v) is 2.78. The van der Waals surface area contributed by atoms with Crippen LogP contribution < -0.4 is 4.74 Å². The highest BCUT2D eigenvalue weighted by molar-refractivity contribution is 5.98. The van der Waals surface area contributed by atoms with Gasteiger partial charge in [-0.3, -0.25) is 0 Å².